The lowest BCUT2D eigenvalue weighted by molar-refractivity contribution is -0.386. The van der Waals surface area contributed by atoms with Crippen LogP contribution in [0.3, 0.4) is 0 Å². The second kappa shape index (κ2) is 6.60. The van der Waals surface area contributed by atoms with Crippen LogP contribution >= 0.6 is 11.6 Å². The fourth-order valence-corrected chi connectivity index (χ4v) is 1.53. The molecular formula is C11H11ClF3NO3. The molecule has 0 amide bonds. The molecule has 0 fully saturated rings. The van der Waals surface area contributed by atoms with E-state index >= 15 is 0 Å². The van der Waals surface area contributed by atoms with Gasteiger partial charge in [0.05, 0.1) is 17.1 Å². The average molecular weight is 298 g/mol. The number of ether oxygens (including phenoxy) is 1. The highest BCUT2D eigenvalue weighted by Crippen LogP contribution is 2.36. The van der Waals surface area contributed by atoms with Crippen molar-refractivity contribution >= 4 is 17.3 Å². The molecule has 0 spiro atoms. The molecule has 0 saturated heterocycles. The number of hydrogen-bond acceptors (Lipinski definition) is 3. The van der Waals surface area contributed by atoms with Gasteiger partial charge in [-0.1, -0.05) is 0 Å². The van der Waals surface area contributed by atoms with Gasteiger partial charge in [0.25, 0.3) is 0 Å². The minimum atomic E-state index is -4.62. The minimum Gasteiger partial charge on any atom is -0.487 e. The minimum absolute atomic E-state index is 0.166. The van der Waals surface area contributed by atoms with Crippen molar-refractivity contribution in [2.24, 2.45) is 0 Å². The first kappa shape index (κ1) is 15.6. The highest BCUT2D eigenvalue weighted by atomic mass is 35.5. The highest BCUT2D eigenvalue weighted by Gasteiger charge is 2.33. The Labute approximate surface area is 112 Å². The SMILES string of the molecule is O=[N+]([O-])c1cc(C(F)(F)F)ccc1OCCCCCl. The van der Waals surface area contributed by atoms with Crippen LogP contribution in [-0.4, -0.2) is 17.4 Å². The monoisotopic (exact) mass is 297 g/mol. The summed E-state index contributed by atoms with van der Waals surface area (Å²) in [5.41, 5.74) is -1.77. The molecule has 0 saturated carbocycles. The Morgan fingerprint density at radius 2 is 2.00 bits per heavy atom. The van der Waals surface area contributed by atoms with Gasteiger partial charge in [-0.25, -0.2) is 0 Å². The Morgan fingerprint density at radius 1 is 1.32 bits per heavy atom. The summed E-state index contributed by atoms with van der Waals surface area (Å²) < 4.78 is 42.4. The second-order valence-corrected chi connectivity index (χ2v) is 4.06. The number of unbranched alkanes of at least 4 members (excludes halogenated alkanes) is 1. The molecule has 106 valence electrons. The van der Waals surface area contributed by atoms with Crippen LogP contribution in [0.2, 0.25) is 0 Å². The number of hydrogen-bond donors (Lipinski definition) is 0. The number of nitro benzene ring substituents is 1. The number of benzene rings is 1. The molecule has 0 bridgehead atoms. The van der Waals surface area contributed by atoms with E-state index in [1.54, 1.807) is 0 Å². The summed E-state index contributed by atoms with van der Waals surface area (Å²) in [4.78, 5) is 9.83. The highest BCUT2D eigenvalue weighted by molar-refractivity contribution is 6.17. The predicted molar refractivity (Wildman–Crippen MR) is 63.5 cm³/mol. The third-order valence-corrected chi connectivity index (χ3v) is 2.54. The lowest BCUT2D eigenvalue weighted by Crippen LogP contribution is -2.07. The Bertz CT molecular complexity index is 451. The second-order valence-electron chi connectivity index (χ2n) is 3.68. The van der Waals surface area contributed by atoms with Gasteiger partial charge in [-0.05, 0) is 25.0 Å². The Balaban J connectivity index is 2.90. The quantitative estimate of drug-likeness (QED) is 0.345. The van der Waals surface area contributed by atoms with Gasteiger partial charge >= 0.3 is 11.9 Å². The van der Waals surface area contributed by atoms with Crippen molar-refractivity contribution in [3.05, 3.63) is 33.9 Å². The van der Waals surface area contributed by atoms with E-state index in [1.165, 1.54) is 0 Å². The zero-order chi connectivity index (χ0) is 14.5. The van der Waals surface area contributed by atoms with Crippen LogP contribution in [0.5, 0.6) is 5.75 Å². The third kappa shape index (κ3) is 4.59. The topological polar surface area (TPSA) is 52.4 Å². The molecule has 0 heterocycles. The van der Waals surface area contributed by atoms with Crippen molar-refractivity contribution in [1.82, 2.24) is 0 Å². The molecule has 0 unspecified atom stereocenters. The average Bonchev–Trinajstić information content (AvgIpc) is 2.33. The van der Waals surface area contributed by atoms with Crippen LogP contribution < -0.4 is 4.74 Å². The van der Waals surface area contributed by atoms with Gasteiger partial charge in [0.2, 0.25) is 0 Å². The smallest absolute Gasteiger partial charge is 0.416 e. The van der Waals surface area contributed by atoms with E-state index in [-0.39, 0.29) is 12.4 Å². The molecule has 8 heteroatoms. The fourth-order valence-electron chi connectivity index (χ4n) is 1.34. The summed E-state index contributed by atoms with van der Waals surface area (Å²) in [5, 5.41) is 10.7. The van der Waals surface area contributed by atoms with E-state index < -0.39 is 22.4 Å². The van der Waals surface area contributed by atoms with Crippen LogP contribution in [0.1, 0.15) is 18.4 Å². The largest absolute Gasteiger partial charge is 0.487 e. The number of nitrogens with zero attached hydrogens (tertiary/aromatic N) is 1. The summed E-state index contributed by atoms with van der Waals surface area (Å²) in [6, 6.07) is 2.18. The third-order valence-electron chi connectivity index (χ3n) is 2.27. The Kier molecular flexibility index (Phi) is 5.41. The Hall–Kier alpha value is -1.50. The van der Waals surface area contributed by atoms with E-state index in [4.69, 9.17) is 16.3 Å². The normalized spacial score (nSPS) is 11.4. The standard InChI is InChI=1S/C11H11ClF3NO3/c12-5-1-2-6-19-10-4-3-8(11(13,14)15)7-9(10)16(17)18/h3-4,7H,1-2,5-6H2. The van der Waals surface area contributed by atoms with Gasteiger partial charge in [0.15, 0.2) is 5.75 Å². The van der Waals surface area contributed by atoms with Crippen molar-refractivity contribution in [3.63, 3.8) is 0 Å². The van der Waals surface area contributed by atoms with Crippen molar-refractivity contribution in [1.29, 1.82) is 0 Å². The Morgan fingerprint density at radius 3 is 2.53 bits per heavy atom. The molecule has 0 aliphatic heterocycles. The van der Waals surface area contributed by atoms with Crippen LogP contribution in [0.4, 0.5) is 18.9 Å². The molecule has 4 nitrogen and oxygen atoms in total. The van der Waals surface area contributed by atoms with E-state index in [2.05, 4.69) is 0 Å². The van der Waals surface area contributed by atoms with Crippen molar-refractivity contribution in [2.75, 3.05) is 12.5 Å². The summed E-state index contributed by atoms with van der Waals surface area (Å²) in [6.45, 7) is 0.166. The van der Waals surface area contributed by atoms with Gasteiger partial charge in [-0.15, -0.1) is 11.6 Å². The maximum Gasteiger partial charge on any atom is 0.416 e. The van der Waals surface area contributed by atoms with Gasteiger partial charge in [0, 0.05) is 11.9 Å². The summed E-state index contributed by atoms with van der Waals surface area (Å²) in [6.07, 6.45) is -3.39. The van der Waals surface area contributed by atoms with Gasteiger partial charge in [-0.2, -0.15) is 13.2 Å². The molecule has 1 rings (SSSR count). The molecule has 1 aromatic carbocycles. The number of alkyl halides is 4. The van der Waals surface area contributed by atoms with Gasteiger partial charge in [0.1, 0.15) is 0 Å². The predicted octanol–water partition coefficient (Wildman–Crippen LogP) is 4.01. The number of nitro groups is 1. The lowest BCUT2D eigenvalue weighted by atomic mass is 10.2. The van der Waals surface area contributed by atoms with Gasteiger partial charge in [-0.3, -0.25) is 10.1 Å². The maximum absolute atomic E-state index is 12.4. The van der Waals surface area contributed by atoms with E-state index in [1.807, 2.05) is 0 Å². The summed E-state index contributed by atoms with van der Waals surface area (Å²) in [7, 11) is 0. The molecule has 0 radical (unpaired) electrons. The molecule has 0 N–H and O–H groups in total. The zero-order valence-corrected chi connectivity index (χ0v) is 10.5. The van der Waals surface area contributed by atoms with E-state index in [0.29, 0.717) is 24.8 Å². The van der Waals surface area contributed by atoms with Crippen molar-refractivity contribution < 1.29 is 22.8 Å². The molecule has 0 aliphatic carbocycles. The first-order valence-electron chi connectivity index (χ1n) is 5.40. The molecule has 0 aromatic heterocycles. The van der Waals surface area contributed by atoms with Crippen LogP contribution in [0, 0.1) is 10.1 Å². The van der Waals surface area contributed by atoms with Gasteiger partial charge < -0.3 is 4.74 Å². The number of rotatable bonds is 6. The van der Waals surface area contributed by atoms with Crippen LogP contribution in [0.25, 0.3) is 0 Å². The van der Waals surface area contributed by atoms with Crippen molar-refractivity contribution in [2.45, 2.75) is 19.0 Å². The molecule has 1 aromatic rings. The first-order valence-corrected chi connectivity index (χ1v) is 5.94. The van der Waals surface area contributed by atoms with Crippen molar-refractivity contribution in [3.8, 4) is 5.75 Å². The summed E-state index contributed by atoms with van der Waals surface area (Å²) >= 11 is 5.45. The molecule has 0 atom stereocenters. The molecule has 0 aliphatic rings. The van der Waals surface area contributed by atoms with E-state index in [0.717, 1.165) is 12.1 Å². The zero-order valence-electron chi connectivity index (χ0n) is 9.74. The molecular weight excluding hydrogens is 287 g/mol. The summed E-state index contributed by atoms with van der Waals surface area (Å²) in [5.74, 6) is 0.255. The van der Waals surface area contributed by atoms with Crippen LogP contribution in [-0.2, 0) is 6.18 Å². The lowest BCUT2D eigenvalue weighted by Gasteiger charge is -2.09. The fraction of sp³-hybridized carbons (Fsp3) is 0.455. The maximum atomic E-state index is 12.4. The van der Waals surface area contributed by atoms with E-state index in [9.17, 15) is 23.3 Å². The van der Waals surface area contributed by atoms with Crippen LogP contribution in [0.15, 0.2) is 18.2 Å². The number of halogens is 4. The first-order chi connectivity index (χ1) is 8.86. The molecule has 19 heavy (non-hydrogen) atoms.